The fourth-order valence-electron chi connectivity index (χ4n) is 3.39. The van der Waals surface area contributed by atoms with Crippen LogP contribution in [0.1, 0.15) is 22.3 Å². The zero-order valence-electron chi connectivity index (χ0n) is 11.6. The Morgan fingerprint density at radius 1 is 1.10 bits per heavy atom. The average molecular weight is 271 g/mol. The van der Waals surface area contributed by atoms with Gasteiger partial charge >= 0.3 is 0 Å². The SMILES string of the molecule is Cc1cccc2c(O)cc3c(c12)-c1ccc(C#N)cc1C3. The van der Waals surface area contributed by atoms with Gasteiger partial charge in [0.25, 0.3) is 0 Å². The number of aromatic hydroxyl groups is 1. The molecule has 1 aliphatic rings. The van der Waals surface area contributed by atoms with Crippen LogP contribution in [0, 0.1) is 18.3 Å². The third-order valence-corrected chi connectivity index (χ3v) is 4.32. The second-order valence-corrected chi connectivity index (χ2v) is 5.59. The number of fused-ring (bicyclic) bond motifs is 5. The maximum Gasteiger partial charge on any atom is 0.123 e. The molecule has 0 amide bonds. The molecule has 0 saturated carbocycles. The molecule has 1 N–H and O–H groups in total. The van der Waals surface area contributed by atoms with Crippen molar-refractivity contribution >= 4 is 10.8 Å². The van der Waals surface area contributed by atoms with Crippen LogP contribution in [0.4, 0.5) is 0 Å². The van der Waals surface area contributed by atoms with E-state index in [9.17, 15) is 5.11 Å². The van der Waals surface area contributed by atoms with Crippen LogP contribution in [0.2, 0.25) is 0 Å². The third-order valence-electron chi connectivity index (χ3n) is 4.32. The quantitative estimate of drug-likeness (QED) is 0.518. The van der Waals surface area contributed by atoms with Crippen molar-refractivity contribution in [2.45, 2.75) is 13.3 Å². The van der Waals surface area contributed by atoms with E-state index >= 15 is 0 Å². The summed E-state index contributed by atoms with van der Waals surface area (Å²) in [6.45, 7) is 2.07. The highest BCUT2D eigenvalue weighted by atomic mass is 16.3. The van der Waals surface area contributed by atoms with Gasteiger partial charge in [0.05, 0.1) is 11.6 Å². The maximum atomic E-state index is 10.3. The summed E-state index contributed by atoms with van der Waals surface area (Å²) in [5.41, 5.74) is 6.55. The molecule has 0 radical (unpaired) electrons. The van der Waals surface area contributed by atoms with Crippen molar-refractivity contribution in [3.05, 3.63) is 64.7 Å². The molecule has 4 rings (SSSR count). The van der Waals surface area contributed by atoms with Gasteiger partial charge in [0.1, 0.15) is 5.75 Å². The fourth-order valence-corrected chi connectivity index (χ4v) is 3.39. The molecule has 0 heterocycles. The Kier molecular flexibility index (Phi) is 2.34. The Morgan fingerprint density at radius 2 is 1.95 bits per heavy atom. The van der Waals surface area contributed by atoms with Crippen molar-refractivity contribution in [3.8, 4) is 22.9 Å². The standard InChI is InChI=1S/C19H13NO/c1-11-3-2-4-16-17(21)9-14-8-13-7-12(10-20)5-6-15(13)19(14)18(11)16/h2-7,9,21H,8H2,1H3. The van der Waals surface area contributed by atoms with E-state index in [0.29, 0.717) is 11.3 Å². The molecular formula is C19H13NO. The van der Waals surface area contributed by atoms with Gasteiger partial charge < -0.3 is 5.11 Å². The summed E-state index contributed by atoms with van der Waals surface area (Å²) in [7, 11) is 0. The number of benzene rings is 3. The second-order valence-electron chi connectivity index (χ2n) is 5.59. The van der Waals surface area contributed by atoms with Gasteiger partial charge in [-0.1, -0.05) is 24.3 Å². The predicted molar refractivity (Wildman–Crippen MR) is 83.3 cm³/mol. The van der Waals surface area contributed by atoms with Crippen molar-refractivity contribution in [1.29, 1.82) is 5.26 Å². The first-order valence-corrected chi connectivity index (χ1v) is 6.96. The van der Waals surface area contributed by atoms with Crippen LogP contribution in [0.25, 0.3) is 21.9 Å². The smallest absolute Gasteiger partial charge is 0.123 e. The summed E-state index contributed by atoms with van der Waals surface area (Å²) in [5.74, 6) is 0.334. The lowest BCUT2D eigenvalue weighted by atomic mass is 9.94. The van der Waals surface area contributed by atoms with Crippen LogP contribution in [0.3, 0.4) is 0 Å². The molecule has 2 nitrogen and oxygen atoms in total. The van der Waals surface area contributed by atoms with Crippen LogP contribution < -0.4 is 0 Å². The number of phenolic OH excluding ortho intramolecular Hbond substituents is 1. The molecule has 0 saturated heterocycles. The molecule has 0 spiro atoms. The minimum atomic E-state index is 0.334. The number of nitriles is 1. The number of nitrogens with zero attached hydrogens (tertiary/aromatic N) is 1. The van der Waals surface area contributed by atoms with Crippen LogP contribution in [0.5, 0.6) is 5.75 Å². The van der Waals surface area contributed by atoms with Crippen LogP contribution in [-0.2, 0) is 6.42 Å². The Morgan fingerprint density at radius 3 is 2.76 bits per heavy atom. The van der Waals surface area contributed by atoms with Crippen LogP contribution in [-0.4, -0.2) is 5.11 Å². The minimum Gasteiger partial charge on any atom is -0.507 e. The van der Waals surface area contributed by atoms with Gasteiger partial charge in [-0.05, 0) is 64.7 Å². The molecule has 0 aromatic heterocycles. The normalized spacial score (nSPS) is 12.0. The van der Waals surface area contributed by atoms with Crippen molar-refractivity contribution in [1.82, 2.24) is 0 Å². The van der Waals surface area contributed by atoms with Crippen molar-refractivity contribution in [3.63, 3.8) is 0 Å². The van der Waals surface area contributed by atoms with Crippen LogP contribution in [0.15, 0.2) is 42.5 Å². The summed E-state index contributed by atoms with van der Waals surface area (Å²) in [6, 6.07) is 15.9. The fraction of sp³-hybridized carbons (Fsp3) is 0.105. The molecular weight excluding hydrogens is 258 g/mol. The number of aryl methyl sites for hydroxylation is 1. The Labute approximate surface area is 122 Å². The molecule has 21 heavy (non-hydrogen) atoms. The van der Waals surface area contributed by atoms with Crippen molar-refractivity contribution < 1.29 is 5.11 Å². The molecule has 0 unspecified atom stereocenters. The van der Waals surface area contributed by atoms with Gasteiger partial charge in [-0.25, -0.2) is 0 Å². The van der Waals surface area contributed by atoms with Gasteiger partial charge in [-0.2, -0.15) is 5.26 Å². The van der Waals surface area contributed by atoms with E-state index in [1.54, 1.807) is 0 Å². The lowest BCUT2D eigenvalue weighted by Gasteiger charge is -2.11. The van der Waals surface area contributed by atoms with Crippen molar-refractivity contribution in [2.75, 3.05) is 0 Å². The average Bonchev–Trinajstić information content (AvgIpc) is 2.84. The van der Waals surface area contributed by atoms with E-state index in [4.69, 9.17) is 5.26 Å². The molecule has 0 atom stereocenters. The molecule has 0 bridgehead atoms. The zero-order valence-corrected chi connectivity index (χ0v) is 11.6. The van der Waals surface area contributed by atoms with Gasteiger partial charge in [-0.3, -0.25) is 0 Å². The summed E-state index contributed by atoms with van der Waals surface area (Å²) >= 11 is 0. The molecule has 2 heteroatoms. The summed E-state index contributed by atoms with van der Waals surface area (Å²) in [5, 5.41) is 21.4. The van der Waals surface area contributed by atoms with E-state index in [0.717, 1.165) is 28.3 Å². The van der Waals surface area contributed by atoms with Crippen molar-refractivity contribution in [2.24, 2.45) is 0 Å². The first-order chi connectivity index (χ1) is 10.2. The first-order valence-electron chi connectivity index (χ1n) is 6.96. The Hall–Kier alpha value is -2.79. The minimum absolute atomic E-state index is 0.334. The molecule has 3 aromatic rings. The predicted octanol–water partition coefficient (Wildman–Crippen LogP) is 4.30. The van der Waals surface area contributed by atoms with E-state index < -0.39 is 0 Å². The molecule has 0 fully saturated rings. The van der Waals surface area contributed by atoms with E-state index in [1.165, 1.54) is 16.7 Å². The van der Waals surface area contributed by atoms with Gasteiger partial charge in [0, 0.05) is 5.39 Å². The topological polar surface area (TPSA) is 44.0 Å². The monoisotopic (exact) mass is 271 g/mol. The molecule has 3 aromatic carbocycles. The number of phenols is 1. The molecule has 1 aliphatic carbocycles. The number of hydrogen-bond acceptors (Lipinski definition) is 2. The summed E-state index contributed by atoms with van der Waals surface area (Å²) < 4.78 is 0. The third kappa shape index (κ3) is 1.58. The van der Waals surface area contributed by atoms with E-state index in [-0.39, 0.29) is 0 Å². The highest BCUT2D eigenvalue weighted by molar-refractivity contribution is 6.05. The Balaban J connectivity index is 2.13. The largest absolute Gasteiger partial charge is 0.507 e. The van der Waals surface area contributed by atoms with Gasteiger partial charge in [0.15, 0.2) is 0 Å². The van der Waals surface area contributed by atoms with Gasteiger partial charge in [0.2, 0.25) is 0 Å². The molecule has 100 valence electrons. The highest BCUT2D eigenvalue weighted by Gasteiger charge is 2.23. The highest BCUT2D eigenvalue weighted by Crippen LogP contribution is 2.45. The Bertz CT molecular complexity index is 948. The summed E-state index contributed by atoms with van der Waals surface area (Å²) in [4.78, 5) is 0. The molecule has 0 aliphatic heterocycles. The lowest BCUT2D eigenvalue weighted by molar-refractivity contribution is 0.481. The van der Waals surface area contributed by atoms with E-state index in [2.05, 4.69) is 19.1 Å². The number of hydrogen-bond donors (Lipinski definition) is 1. The zero-order chi connectivity index (χ0) is 14.6. The summed E-state index contributed by atoms with van der Waals surface area (Å²) in [6.07, 6.45) is 0.776. The lowest BCUT2D eigenvalue weighted by Crippen LogP contribution is -1.87. The first kappa shape index (κ1) is 12.0. The second kappa shape index (κ2) is 4.10. The number of rotatable bonds is 0. The maximum absolute atomic E-state index is 10.3. The van der Waals surface area contributed by atoms with Gasteiger partial charge in [-0.15, -0.1) is 0 Å². The van der Waals surface area contributed by atoms with Crippen LogP contribution >= 0.6 is 0 Å². The van der Waals surface area contributed by atoms with E-state index in [1.807, 2.05) is 36.4 Å².